The van der Waals surface area contributed by atoms with Crippen LogP contribution >= 0.6 is 11.3 Å². The molecule has 2 nitrogen and oxygen atoms in total. The summed E-state index contributed by atoms with van der Waals surface area (Å²) in [5, 5.41) is 2.14. The monoisotopic (exact) mass is 210 g/mol. The highest BCUT2D eigenvalue weighted by molar-refractivity contribution is 7.09. The summed E-state index contributed by atoms with van der Waals surface area (Å²) in [7, 11) is 0. The Morgan fingerprint density at radius 2 is 2.50 bits per heavy atom. The summed E-state index contributed by atoms with van der Waals surface area (Å²) in [6.07, 6.45) is 2.43. The molecule has 0 amide bonds. The SMILES string of the molecule is CC1C(N)CCCN1Cc1cccs1. The Bertz CT molecular complexity index is 271. The summed E-state index contributed by atoms with van der Waals surface area (Å²) in [6, 6.07) is 5.22. The molecule has 0 radical (unpaired) electrons. The number of likely N-dealkylation sites (tertiary alicyclic amines) is 1. The zero-order chi connectivity index (χ0) is 9.97. The fraction of sp³-hybridized carbons (Fsp3) is 0.636. The molecule has 1 aromatic heterocycles. The van der Waals surface area contributed by atoms with Crippen LogP contribution < -0.4 is 5.73 Å². The van der Waals surface area contributed by atoms with Crippen LogP contribution in [0.1, 0.15) is 24.6 Å². The lowest BCUT2D eigenvalue weighted by molar-refractivity contribution is 0.134. The molecule has 78 valence electrons. The Labute approximate surface area is 89.7 Å². The summed E-state index contributed by atoms with van der Waals surface area (Å²) in [4.78, 5) is 3.95. The van der Waals surface area contributed by atoms with Gasteiger partial charge in [0.15, 0.2) is 0 Å². The number of hydrogen-bond donors (Lipinski definition) is 1. The highest BCUT2D eigenvalue weighted by atomic mass is 32.1. The molecule has 2 rings (SSSR count). The predicted octanol–water partition coefficient (Wildman–Crippen LogP) is 2.06. The van der Waals surface area contributed by atoms with Crippen molar-refractivity contribution >= 4 is 11.3 Å². The van der Waals surface area contributed by atoms with Crippen LogP contribution in [0.4, 0.5) is 0 Å². The van der Waals surface area contributed by atoms with E-state index >= 15 is 0 Å². The first-order valence-electron chi connectivity index (χ1n) is 5.29. The van der Waals surface area contributed by atoms with E-state index < -0.39 is 0 Å². The van der Waals surface area contributed by atoms with Gasteiger partial charge in [-0.1, -0.05) is 6.07 Å². The largest absolute Gasteiger partial charge is 0.326 e. The van der Waals surface area contributed by atoms with Crippen molar-refractivity contribution < 1.29 is 0 Å². The van der Waals surface area contributed by atoms with Crippen LogP contribution in [-0.2, 0) is 6.54 Å². The van der Waals surface area contributed by atoms with Gasteiger partial charge in [0.2, 0.25) is 0 Å². The Balaban J connectivity index is 1.97. The molecule has 1 aliphatic heterocycles. The van der Waals surface area contributed by atoms with Gasteiger partial charge >= 0.3 is 0 Å². The zero-order valence-corrected chi connectivity index (χ0v) is 9.46. The first-order valence-corrected chi connectivity index (χ1v) is 6.17. The molecule has 2 unspecified atom stereocenters. The van der Waals surface area contributed by atoms with E-state index in [9.17, 15) is 0 Å². The van der Waals surface area contributed by atoms with Crippen LogP contribution in [0.5, 0.6) is 0 Å². The minimum absolute atomic E-state index is 0.365. The van der Waals surface area contributed by atoms with Crippen LogP contribution in [0, 0.1) is 0 Å². The molecular formula is C11H18N2S. The van der Waals surface area contributed by atoms with Crippen LogP contribution in [0.15, 0.2) is 17.5 Å². The van der Waals surface area contributed by atoms with Crippen LogP contribution in [0.25, 0.3) is 0 Å². The highest BCUT2D eigenvalue weighted by Crippen LogP contribution is 2.20. The number of nitrogens with zero attached hydrogens (tertiary/aromatic N) is 1. The van der Waals surface area contributed by atoms with Gasteiger partial charge in [-0.2, -0.15) is 0 Å². The molecule has 14 heavy (non-hydrogen) atoms. The normalized spacial score (nSPS) is 29.3. The molecule has 2 N–H and O–H groups in total. The molecule has 3 heteroatoms. The average molecular weight is 210 g/mol. The van der Waals surface area contributed by atoms with Crippen LogP contribution in [-0.4, -0.2) is 23.5 Å². The van der Waals surface area contributed by atoms with E-state index in [4.69, 9.17) is 5.73 Å². The van der Waals surface area contributed by atoms with Gasteiger partial charge < -0.3 is 5.73 Å². The van der Waals surface area contributed by atoms with Gasteiger partial charge in [0.1, 0.15) is 0 Å². The lowest BCUT2D eigenvalue weighted by Gasteiger charge is -2.37. The third-order valence-corrected chi connectivity index (χ3v) is 3.98. The van der Waals surface area contributed by atoms with Gasteiger partial charge in [-0.05, 0) is 37.8 Å². The molecular weight excluding hydrogens is 192 g/mol. The molecule has 1 saturated heterocycles. The van der Waals surface area contributed by atoms with Crippen molar-refractivity contribution in [2.45, 2.75) is 38.4 Å². The predicted molar refractivity (Wildman–Crippen MR) is 61.4 cm³/mol. The van der Waals surface area contributed by atoms with Gasteiger partial charge in [0.25, 0.3) is 0 Å². The van der Waals surface area contributed by atoms with Crippen molar-refractivity contribution in [1.29, 1.82) is 0 Å². The van der Waals surface area contributed by atoms with Crippen molar-refractivity contribution in [1.82, 2.24) is 4.90 Å². The maximum atomic E-state index is 6.06. The summed E-state index contributed by atoms with van der Waals surface area (Å²) >= 11 is 1.84. The maximum absolute atomic E-state index is 6.06. The maximum Gasteiger partial charge on any atom is 0.0331 e. The Morgan fingerprint density at radius 3 is 3.21 bits per heavy atom. The average Bonchev–Trinajstić information content (AvgIpc) is 2.66. The third kappa shape index (κ3) is 2.16. The first kappa shape index (κ1) is 10.1. The molecule has 2 atom stereocenters. The van der Waals surface area contributed by atoms with E-state index in [0.29, 0.717) is 12.1 Å². The summed E-state index contributed by atoms with van der Waals surface area (Å²) in [5.41, 5.74) is 6.06. The lowest BCUT2D eigenvalue weighted by atomic mass is 9.98. The second-order valence-corrected chi connectivity index (χ2v) is 5.13. The Morgan fingerprint density at radius 1 is 1.64 bits per heavy atom. The standard InChI is InChI=1S/C11H18N2S/c1-9-11(12)5-2-6-13(9)8-10-4-3-7-14-10/h3-4,7,9,11H,2,5-6,8,12H2,1H3. The van der Waals surface area contributed by atoms with Crippen molar-refractivity contribution in [2.24, 2.45) is 5.73 Å². The summed E-state index contributed by atoms with van der Waals surface area (Å²) in [5.74, 6) is 0. The number of nitrogens with two attached hydrogens (primary N) is 1. The topological polar surface area (TPSA) is 29.3 Å². The van der Waals surface area contributed by atoms with Crippen LogP contribution in [0.2, 0.25) is 0 Å². The van der Waals surface area contributed by atoms with Gasteiger partial charge in [-0.15, -0.1) is 11.3 Å². The van der Waals surface area contributed by atoms with Gasteiger partial charge in [0, 0.05) is 23.5 Å². The molecule has 1 aliphatic rings. The molecule has 1 fully saturated rings. The quantitative estimate of drug-likeness (QED) is 0.809. The number of rotatable bonds is 2. The van der Waals surface area contributed by atoms with Crippen molar-refractivity contribution in [3.63, 3.8) is 0 Å². The number of piperidine rings is 1. The highest BCUT2D eigenvalue weighted by Gasteiger charge is 2.24. The second-order valence-electron chi connectivity index (χ2n) is 4.10. The van der Waals surface area contributed by atoms with E-state index in [1.54, 1.807) is 0 Å². The second kappa shape index (κ2) is 4.43. The molecule has 0 saturated carbocycles. The van der Waals surface area contributed by atoms with Crippen LogP contribution in [0.3, 0.4) is 0 Å². The Hall–Kier alpha value is -0.380. The van der Waals surface area contributed by atoms with E-state index in [2.05, 4.69) is 29.3 Å². The third-order valence-electron chi connectivity index (χ3n) is 3.12. The number of hydrogen-bond acceptors (Lipinski definition) is 3. The van der Waals surface area contributed by atoms with E-state index in [-0.39, 0.29) is 0 Å². The molecule has 2 heterocycles. The van der Waals surface area contributed by atoms with E-state index in [0.717, 1.165) is 6.54 Å². The van der Waals surface area contributed by atoms with Gasteiger partial charge in [-0.25, -0.2) is 0 Å². The smallest absolute Gasteiger partial charge is 0.0331 e. The van der Waals surface area contributed by atoms with E-state index in [1.807, 2.05) is 11.3 Å². The summed E-state index contributed by atoms with van der Waals surface area (Å²) < 4.78 is 0. The molecule has 0 aromatic carbocycles. The Kier molecular flexibility index (Phi) is 3.21. The van der Waals surface area contributed by atoms with Crippen molar-refractivity contribution in [2.75, 3.05) is 6.54 Å². The summed E-state index contributed by atoms with van der Waals surface area (Å²) in [6.45, 7) is 4.52. The number of thiophene rings is 1. The van der Waals surface area contributed by atoms with E-state index in [1.165, 1.54) is 24.3 Å². The molecule has 0 aliphatic carbocycles. The van der Waals surface area contributed by atoms with Gasteiger partial charge in [0.05, 0.1) is 0 Å². The fourth-order valence-electron chi connectivity index (χ4n) is 2.07. The molecule has 0 bridgehead atoms. The van der Waals surface area contributed by atoms with Gasteiger partial charge in [-0.3, -0.25) is 4.90 Å². The molecule has 0 spiro atoms. The fourth-order valence-corrected chi connectivity index (χ4v) is 2.80. The molecule has 1 aromatic rings. The lowest BCUT2D eigenvalue weighted by Crippen LogP contribution is -2.49. The van der Waals surface area contributed by atoms with Crippen molar-refractivity contribution in [3.05, 3.63) is 22.4 Å². The first-order chi connectivity index (χ1) is 6.77. The minimum Gasteiger partial charge on any atom is -0.326 e. The zero-order valence-electron chi connectivity index (χ0n) is 8.65. The van der Waals surface area contributed by atoms with Crippen molar-refractivity contribution in [3.8, 4) is 0 Å². The minimum atomic E-state index is 0.365.